The Balaban J connectivity index is 0.00000171. The largest absolute Gasteiger partial charge is 0.488 e. The number of para-hydroxylation sites is 1. The lowest BCUT2D eigenvalue weighted by Crippen LogP contribution is -2.51. The summed E-state index contributed by atoms with van der Waals surface area (Å²) in [6, 6.07) is 9.20. The minimum Gasteiger partial charge on any atom is -0.488 e. The summed E-state index contributed by atoms with van der Waals surface area (Å²) in [6.45, 7) is 6.32. The van der Waals surface area contributed by atoms with Gasteiger partial charge in [0.1, 0.15) is 17.4 Å². The molecule has 9 heteroatoms. The van der Waals surface area contributed by atoms with Crippen molar-refractivity contribution in [2.45, 2.75) is 37.5 Å². The van der Waals surface area contributed by atoms with Gasteiger partial charge in [-0.05, 0) is 31.5 Å². The molecule has 31 heavy (non-hydrogen) atoms. The fourth-order valence-electron chi connectivity index (χ4n) is 3.91. The molecular weight excluding hydrogens is 441 g/mol. The van der Waals surface area contributed by atoms with Crippen LogP contribution in [0, 0.1) is 5.92 Å². The van der Waals surface area contributed by atoms with Crippen molar-refractivity contribution in [3.63, 3.8) is 0 Å². The first-order valence-electron chi connectivity index (χ1n) is 9.93. The van der Waals surface area contributed by atoms with Crippen molar-refractivity contribution < 1.29 is 19.1 Å². The third-order valence-electron chi connectivity index (χ3n) is 5.59. The molecule has 2 aliphatic rings. The predicted molar refractivity (Wildman–Crippen MR) is 123 cm³/mol. The second-order valence-corrected chi connectivity index (χ2v) is 7.49. The molecule has 1 aliphatic heterocycles. The second-order valence-electron chi connectivity index (χ2n) is 7.49. The van der Waals surface area contributed by atoms with Crippen LogP contribution in [0.4, 0.5) is 0 Å². The summed E-state index contributed by atoms with van der Waals surface area (Å²) in [6.07, 6.45) is 4.30. The van der Waals surface area contributed by atoms with Crippen molar-refractivity contribution in [2.24, 2.45) is 5.92 Å². The van der Waals surface area contributed by atoms with Crippen LogP contribution in [0.15, 0.2) is 49.2 Å². The Kier molecular flexibility index (Phi) is 8.28. The number of fused-ring (bicyclic) bond motifs is 1. The Morgan fingerprint density at radius 2 is 2.10 bits per heavy atom. The van der Waals surface area contributed by atoms with Crippen LogP contribution in [0.5, 0.6) is 5.75 Å². The molecule has 1 saturated heterocycles. The van der Waals surface area contributed by atoms with Gasteiger partial charge in [-0.1, -0.05) is 18.2 Å². The summed E-state index contributed by atoms with van der Waals surface area (Å²) in [4.78, 5) is 29.5. The van der Waals surface area contributed by atoms with Gasteiger partial charge in [-0.25, -0.2) is 4.79 Å². The van der Waals surface area contributed by atoms with Gasteiger partial charge in [0.05, 0.1) is 18.2 Å². The van der Waals surface area contributed by atoms with Crippen LogP contribution in [-0.4, -0.2) is 47.7 Å². The fraction of sp³-hybridized carbons (Fsp3) is 0.409. The maximum atomic E-state index is 12.8. The average molecular weight is 468 g/mol. The van der Waals surface area contributed by atoms with Crippen molar-refractivity contribution in [2.75, 3.05) is 13.2 Å². The van der Waals surface area contributed by atoms with E-state index in [0.29, 0.717) is 19.4 Å². The first-order valence-corrected chi connectivity index (χ1v) is 9.93. The van der Waals surface area contributed by atoms with Crippen molar-refractivity contribution in [1.82, 2.24) is 15.6 Å². The van der Waals surface area contributed by atoms with Gasteiger partial charge in [0.15, 0.2) is 0 Å². The Labute approximate surface area is 193 Å². The first kappa shape index (κ1) is 24.9. The number of nitrogens with one attached hydrogen (secondary N) is 2. The number of benzene rings is 1. The summed E-state index contributed by atoms with van der Waals surface area (Å²) in [5.74, 6) is 0.0443. The van der Waals surface area contributed by atoms with Crippen molar-refractivity contribution in [3.05, 3.63) is 49.2 Å². The van der Waals surface area contributed by atoms with Crippen LogP contribution in [0.1, 0.15) is 19.8 Å². The molecule has 1 amide bonds. The molecule has 2 N–H and O–H groups in total. The van der Waals surface area contributed by atoms with Gasteiger partial charge in [-0.3, -0.25) is 9.78 Å². The fourth-order valence-corrected chi connectivity index (χ4v) is 3.91. The van der Waals surface area contributed by atoms with Crippen LogP contribution in [0.3, 0.4) is 0 Å². The van der Waals surface area contributed by atoms with E-state index in [1.54, 1.807) is 19.2 Å². The van der Waals surface area contributed by atoms with Crippen LogP contribution in [-0.2, 0) is 14.3 Å². The molecule has 2 heterocycles. The van der Waals surface area contributed by atoms with E-state index in [-0.39, 0.29) is 49.4 Å². The molecular formula is C22H27Cl2N3O4. The Bertz CT molecular complexity index is 952. The van der Waals surface area contributed by atoms with Crippen LogP contribution < -0.4 is 15.4 Å². The van der Waals surface area contributed by atoms with E-state index in [9.17, 15) is 9.59 Å². The minimum absolute atomic E-state index is 0. The van der Waals surface area contributed by atoms with Gasteiger partial charge in [0.25, 0.3) is 0 Å². The normalized spacial score (nSPS) is 26.2. The number of esters is 1. The highest BCUT2D eigenvalue weighted by Gasteiger charge is 2.61. The lowest BCUT2D eigenvalue weighted by Gasteiger charge is -2.20. The zero-order chi connectivity index (χ0) is 20.4. The third-order valence-corrected chi connectivity index (χ3v) is 5.59. The Hall–Kier alpha value is -2.35. The molecule has 7 nitrogen and oxygen atoms in total. The summed E-state index contributed by atoms with van der Waals surface area (Å²) in [7, 11) is 0. The molecule has 168 valence electrons. The maximum Gasteiger partial charge on any atom is 0.332 e. The lowest BCUT2D eigenvalue weighted by molar-refractivity contribution is -0.149. The lowest BCUT2D eigenvalue weighted by atomic mass is 10.1. The van der Waals surface area contributed by atoms with E-state index in [2.05, 4.69) is 22.2 Å². The molecule has 1 aromatic carbocycles. The Morgan fingerprint density at radius 1 is 1.32 bits per heavy atom. The number of rotatable bonds is 7. The summed E-state index contributed by atoms with van der Waals surface area (Å²) in [5.41, 5.74) is -0.109. The zero-order valence-corrected chi connectivity index (χ0v) is 18.8. The highest BCUT2D eigenvalue weighted by molar-refractivity contribution is 5.93. The number of halogens is 2. The number of carbonyl (C=O) groups is 2. The number of aromatic nitrogens is 1. The Morgan fingerprint density at radius 3 is 2.81 bits per heavy atom. The van der Waals surface area contributed by atoms with E-state index < -0.39 is 17.6 Å². The highest BCUT2D eigenvalue weighted by Crippen LogP contribution is 2.45. The molecule has 1 aliphatic carbocycles. The molecule has 0 spiro atoms. The predicted octanol–water partition coefficient (Wildman–Crippen LogP) is 2.81. The minimum atomic E-state index is -0.975. The number of hydrogen-bond acceptors (Lipinski definition) is 6. The van der Waals surface area contributed by atoms with Crippen molar-refractivity contribution in [1.29, 1.82) is 0 Å². The van der Waals surface area contributed by atoms with E-state index in [1.807, 2.05) is 30.3 Å². The molecule has 4 rings (SSSR count). The molecule has 4 atom stereocenters. The number of hydrogen-bond donors (Lipinski definition) is 2. The maximum absolute atomic E-state index is 12.8. The van der Waals surface area contributed by atoms with E-state index in [0.717, 1.165) is 16.7 Å². The molecule has 0 bridgehead atoms. The van der Waals surface area contributed by atoms with Gasteiger partial charge in [-0.2, -0.15) is 0 Å². The smallest absolute Gasteiger partial charge is 0.332 e. The van der Waals surface area contributed by atoms with E-state index >= 15 is 0 Å². The first-order chi connectivity index (χ1) is 14.1. The quantitative estimate of drug-likeness (QED) is 0.480. The van der Waals surface area contributed by atoms with Crippen LogP contribution in [0.25, 0.3) is 10.9 Å². The van der Waals surface area contributed by atoms with Gasteiger partial charge >= 0.3 is 5.97 Å². The third kappa shape index (κ3) is 4.95. The van der Waals surface area contributed by atoms with E-state index in [4.69, 9.17) is 9.47 Å². The average Bonchev–Trinajstić information content (AvgIpc) is 3.25. The molecule has 0 radical (unpaired) electrons. The summed E-state index contributed by atoms with van der Waals surface area (Å²) >= 11 is 0. The second kappa shape index (κ2) is 10.3. The SMILES string of the molecule is C=CC1C[C@]1(NC(=O)[C@@H]1C[C@@H](Oc2ccnc3ccccc23)CN1)C(=O)OCC.Cl.Cl. The van der Waals surface area contributed by atoms with Gasteiger partial charge < -0.3 is 20.1 Å². The van der Waals surface area contributed by atoms with Gasteiger partial charge in [0, 0.05) is 30.5 Å². The van der Waals surface area contributed by atoms with Gasteiger partial charge in [0.2, 0.25) is 5.91 Å². The molecule has 2 aromatic rings. The molecule has 1 unspecified atom stereocenters. The summed E-state index contributed by atoms with van der Waals surface area (Å²) in [5, 5.41) is 7.04. The number of amides is 1. The number of nitrogens with zero attached hydrogens (tertiary/aromatic N) is 1. The standard InChI is InChI=1S/C22H25N3O4.2ClH/c1-3-14-12-22(14,21(27)28-4-2)25-20(26)18-11-15(13-24-18)29-19-9-10-23-17-8-6-5-7-16(17)19;;/h3,5-10,14-15,18,24H,1,4,11-13H2,2H3,(H,25,26);2*1H/t14?,15-,18+,22-;;/m1../s1. The molecule has 1 aromatic heterocycles. The zero-order valence-electron chi connectivity index (χ0n) is 17.2. The molecule has 1 saturated carbocycles. The number of carbonyl (C=O) groups excluding carboxylic acids is 2. The monoisotopic (exact) mass is 467 g/mol. The van der Waals surface area contributed by atoms with Crippen molar-refractivity contribution in [3.8, 4) is 5.75 Å². The summed E-state index contributed by atoms with van der Waals surface area (Å²) < 4.78 is 11.3. The van der Waals surface area contributed by atoms with Gasteiger partial charge in [-0.15, -0.1) is 31.4 Å². The van der Waals surface area contributed by atoms with Crippen LogP contribution >= 0.6 is 24.8 Å². The van der Waals surface area contributed by atoms with Crippen molar-refractivity contribution >= 4 is 47.6 Å². The van der Waals surface area contributed by atoms with E-state index in [1.165, 1.54) is 0 Å². The van der Waals surface area contributed by atoms with Crippen LogP contribution in [0.2, 0.25) is 0 Å². The number of ether oxygens (including phenoxy) is 2. The topological polar surface area (TPSA) is 89.5 Å². The number of pyridine rings is 1. The molecule has 2 fully saturated rings. The highest BCUT2D eigenvalue weighted by atomic mass is 35.5.